The molecule has 0 N–H and O–H groups in total. The summed E-state index contributed by atoms with van der Waals surface area (Å²) in [7, 11) is 4.06. The summed E-state index contributed by atoms with van der Waals surface area (Å²) in [6.45, 7) is 4.24. The zero-order valence-corrected chi connectivity index (χ0v) is 16.4. The summed E-state index contributed by atoms with van der Waals surface area (Å²) in [6.07, 6.45) is 4.03. The molecule has 26 heavy (non-hydrogen) atoms. The molecule has 1 amide bonds. The minimum Gasteiger partial charge on any atom is -0.337 e. The summed E-state index contributed by atoms with van der Waals surface area (Å²) in [6, 6.07) is 10.4. The highest BCUT2D eigenvalue weighted by Gasteiger charge is 2.17. The number of fused-ring (bicyclic) bond motifs is 1. The first-order chi connectivity index (χ1) is 12.5. The number of aryl methyl sites for hydroxylation is 1. The van der Waals surface area contributed by atoms with Crippen LogP contribution in [-0.2, 0) is 17.8 Å². The van der Waals surface area contributed by atoms with Gasteiger partial charge in [-0.1, -0.05) is 23.8 Å². The predicted octanol–water partition coefficient (Wildman–Crippen LogP) is 3.74. The van der Waals surface area contributed by atoms with Crippen LogP contribution in [-0.4, -0.2) is 47.9 Å². The molecular weight excluding hydrogens is 342 g/mol. The Labute approximate surface area is 159 Å². The van der Waals surface area contributed by atoms with Gasteiger partial charge in [0.1, 0.15) is 0 Å². The molecule has 0 aliphatic rings. The van der Waals surface area contributed by atoms with E-state index in [4.69, 9.17) is 0 Å². The number of thiophene rings is 1. The van der Waals surface area contributed by atoms with E-state index in [1.165, 1.54) is 15.6 Å². The van der Waals surface area contributed by atoms with Crippen molar-refractivity contribution in [1.29, 1.82) is 0 Å². The van der Waals surface area contributed by atoms with Gasteiger partial charge in [-0.15, -0.1) is 11.3 Å². The molecule has 4 nitrogen and oxygen atoms in total. The monoisotopic (exact) mass is 367 g/mol. The Bertz CT molecular complexity index is 873. The molecule has 0 bridgehead atoms. The fourth-order valence-corrected chi connectivity index (χ4v) is 3.88. The standard InChI is InChI=1S/C21H25N3OS/c1-16-6-7-20-19(11-16)18(15-26-20)12-21(25)24(10-9-23(2)3)14-17-5-4-8-22-13-17/h4-8,11,13,15H,9-10,12,14H2,1-3H3. The van der Waals surface area contributed by atoms with Gasteiger partial charge in [0, 0.05) is 36.7 Å². The maximum absolute atomic E-state index is 13.0. The second-order valence-corrected chi connectivity index (χ2v) is 7.83. The van der Waals surface area contributed by atoms with E-state index in [9.17, 15) is 4.79 Å². The van der Waals surface area contributed by atoms with Crippen LogP contribution in [0, 0.1) is 6.92 Å². The van der Waals surface area contributed by atoms with Gasteiger partial charge in [-0.3, -0.25) is 9.78 Å². The van der Waals surface area contributed by atoms with E-state index >= 15 is 0 Å². The number of nitrogens with zero attached hydrogens (tertiary/aromatic N) is 3. The Balaban J connectivity index is 1.78. The third-order valence-corrected chi connectivity index (χ3v) is 5.43. The third-order valence-electron chi connectivity index (χ3n) is 4.42. The highest BCUT2D eigenvalue weighted by atomic mass is 32.1. The number of hydrogen-bond acceptors (Lipinski definition) is 4. The molecule has 0 atom stereocenters. The second kappa shape index (κ2) is 8.43. The van der Waals surface area contributed by atoms with Crippen LogP contribution >= 0.6 is 11.3 Å². The topological polar surface area (TPSA) is 36.4 Å². The second-order valence-electron chi connectivity index (χ2n) is 6.92. The molecule has 0 unspecified atom stereocenters. The van der Waals surface area contributed by atoms with Crippen LogP contribution in [0.2, 0.25) is 0 Å². The zero-order chi connectivity index (χ0) is 18.5. The van der Waals surface area contributed by atoms with Gasteiger partial charge in [-0.25, -0.2) is 0 Å². The van der Waals surface area contributed by atoms with Crippen molar-refractivity contribution in [2.75, 3.05) is 27.2 Å². The van der Waals surface area contributed by atoms with E-state index in [-0.39, 0.29) is 5.91 Å². The number of hydrogen-bond donors (Lipinski definition) is 0. The van der Waals surface area contributed by atoms with E-state index < -0.39 is 0 Å². The Hall–Kier alpha value is -2.24. The van der Waals surface area contributed by atoms with Crippen LogP contribution in [0.25, 0.3) is 10.1 Å². The number of likely N-dealkylation sites (N-methyl/N-ethyl adjacent to an activating group) is 1. The molecule has 136 valence electrons. The Kier molecular flexibility index (Phi) is 6.01. The fourth-order valence-electron chi connectivity index (χ4n) is 2.93. The maximum atomic E-state index is 13.0. The Morgan fingerprint density at radius 1 is 1.19 bits per heavy atom. The van der Waals surface area contributed by atoms with Gasteiger partial charge in [0.15, 0.2) is 0 Å². The molecule has 0 fully saturated rings. The van der Waals surface area contributed by atoms with Crippen molar-refractivity contribution in [3.05, 3.63) is 64.8 Å². The first-order valence-corrected chi connectivity index (χ1v) is 9.69. The lowest BCUT2D eigenvalue weighted by Crippen LogP contribution is -2.37. The van der Waals surface area contributed by atoms with Gasteiger partial charge in [0.25, 0.3) is 0 Å². The molecule has 0 saturated carbocycles. The predicted molar refractivity (Wildman–Crippen MR) is 108 cm³/mol. The number of amides is 1. The van der Waals surface area contributed by atoms with Crippen molar-refractivity contribution in [3.8, 4) is 0 Å². The summed E-state index contributed by atoms with van der Waals surface area (Å²) in [5, 5.41) is 3.33. The molecule has 2 heterocycles. The average molecular weight is 368 g/mol. The summed E-state index contributed by atoms with van der Waals surface area (Å²) >= 11 is 1.71. The Morgan fingerprint density at radius 3 is 2.77 bits per heavy atom. The van der Waals surface area contributed by atoms with Crippen LogP contribution in [0.1, 0.15) is 16.7 Å². The van der Waals surface area contributed by atoms with Crippen molar-refractivity contribution in [3.63, 3.8) is 0 Å². The number of pyridine rings is 1. The van der Waals surface area contributed by atoms with Crippen LogP contribution in [0.5, 0.6) is 0 Å². The smallest absolute Gasteiger partial charge is 0.227 e. The molecule has 3 aromatic rings. The van der Waals surface area contributed by atoms with Crippen molar-refractivity contribution in [2.45, 2.75) is 19.9 Å². The van der Waals surface area contributed by atoms with Crippen LogP contribution < -0.4 is 0 Å². The summed E-state index contributed by atoms with van der Waals surface area (Å²) < 4.78 is 1.24. The van der Waals surface area contributed by atoms with Gasteiger partial charge in [-0.2, -0.15) is 0 Å². The molecule has 0 aliphatic heterocycles. The molecule has 2 aromatic heterocycles. The zero-order valence-electron chi connectivity index (χ0n) is 15.6. The van der Waals surface area contributed by atoms with Gasteiger partial charge < -0.3 is 9.80 Å². The molecule has 0 radical (unpaired) electrons. The Morgan fingerprint density at radius 2 is 2.04 bits per heavy atom. The number of carbonyl (C=O) groups excluding carboxylic acids is 1. The molecule has 1 aromatic carbocycles. The fraction of sp³-hybridized carbons (Fsp3) is 0.333. The third kappa shape index (κ3) is 4.68. The van der Waals surface area contributed by atoms with E-state index in [1.54, 1.807) is 17.5 Å². The maximum Gasteiger partial charge on any atom is 0.227 e. The largest absolute Gasteiger partial charge is 0.337 e. The van der Waals surface area contributed by atoms with Crippen molar-refractivity contribution in [1.82, 2.24) is 14.8 Å². The lowest BCUT2D eigenvalue weighted by molar-refractivity contribution is -0.131. The molecule has 5 heteroatoms. The van der Waals surface area contributed by atoms with Gasteiger partial charge >= 0.3 is 0 Å². The highest BCUT2D eigenvalue weighted by Crippen LogP contribution is 2.27. The van der Waals surface area contributed by atoms with Crippen LogP contribution in [0.4, 0.5) is 0 Å². The average Bonchev–Trinajstić information content (AvgIpc) is 3.01. The van der Waals surface area contributed by atoms with E-state index in [1.807, 2.05) is 37.3 Å². The van der Waals surface area contributed by atoms with E-state index in [0.717, 1.165) is 17.7 Å². The van der Waals surface area contributed by atoms with Crippen molar-refractivity contribution < 1.29 is 4.79 Å². The lowest BCUT2D eigenvalue weighted by Gasteiger charge is -2.24. The number of aromatic nitrogens is 1. The van der Waals surface area contributed by atoms with Gasteiger partial charge in [-0.05, 0) is 55.0 Å². The van der Waals surface area contributed by atoms with Crippen LogP contribution in [0.15, 0.2) is 48.1 Å². The highest BCUT2D eigenvalue weighted by molar-refractivity contribution is 7.17. The quantitative estimate of drug-likeness (QED) is 0.638. The number of carbonyl (C=O) groups is 1. The molecule has 0 saturated heterocycles. The summed E-state index contributed by atoms with van der Waals surface area (Å²) in [5.41, 5.74) is 3.41. The van der Waals surface area contributed by atoms with Crippen LogP contribution in [0.3, 0.4) is 0 Å². The summed E-state index contributed by atoms with van der Waals surface area (Å²) in [4.78, 5) is 21.3. The summed E-state index contributed by atoms with van der Waals surface area (Å²) in [5.74, 6) is 0.164. The SMILES string of the molecule is Cc1ccc2scc(CC(=O)N(CCN(C)C)Cc3cccnc3)c2c1. The first kappa shape index (κ1) is 18.5. The van der Waals surface area contributed by atoms with E-state index in [2.05, 4.69) is 40.4 Å². The van der Waals surface area contributed by atoms with Gasteiger partial charge in [0.2, 0.25) is 5.91 Å². The molecule has 0 spiro atoms. The van der Waals surface area contributed by atoms with Gasteiger partial charge in [0.05, 0.1) is 6.42 Å². The van der Waals surface area contributed by atoms with Crippen molar-refractivity contribution in [2.24, 2.45) is 0 Å². The van der Waals surface area contributed by atoms with E-state index in [0.29, 0.717) is 19.5 Å². The molecule has 3 rings (SSSR count). The minimum absolute atomic E-state index is 0.164. The first-order valence-electron chi connectivity index (χ1n) is 8.81. The molecular formula is C21H25N3OS. The lowest BCUT2D eigenvalue weighted by atomic mass is 10.1. The molecule has 0 aliphatic carbocycles. The normalized spacial score (nSPS) is 11.2. The van der Waals surface area contributed by atoms with Crippen molar-refractivity contribution >= 4 is 27.3 Å². The number of rotatable bonds is 7. The minimum atomic E-state index is 0.164. The number of benzene rings is 1.